The first-order chi connectivity index (χ1) is 11.0. The van der Waals surface area contributed by atoms with Crippen molar-refractivity contribution in [3.63, 3.8) is 0 Å². The first kappa shape index (κ1) is 17.3. The molecule has 5 nitrogen and oxygen atoms in total. The Labute approximate surface area is 142 Å². The van der Waals surface area contributed by atoms with E-state index in [-0.39, 0.29) is 34.5 Å². The average molecular weight is 359 g/mol. The molecule has 0 spiro atoms. The quantitative estimate of drug-likeness (QED) is 0.801. The second-order valence-electron chi connectivity index (χ2n) is 4.40. The summed E-state index contributed by atoms with van der Waals surface area (Å²) >= 11 is 10.9. The van der Waals surface area contributed by atoms with Crippen LogP contribution in [-0.4, -0.2) is 28.7 Å². The van der Waals surface area contributed by atoms with Crippen molar-refractivity contribution in [3.8, 4) is 5.75 Å². The number of aromatic nitrogens is 2. The van der Waals surface area contributed by atoms with E-state index in [0.29, 0.717) is 5.82 Å². The van der Waals surface area contributed by atoms with Crippen LogP contribution < -0.4 is 15.4 Å². The molecule has 0 atom stereocenters. The van der Waals surface area contributed by atoms with Gasteiger partial charge in [-0.25, -0.2) is 18.7 Å². The number of hydrogen-bond donors (Lipinski definition) is 2. The molecule has 0 aliphatic carbocycles. The van der Waals surface area contributed by atoms with E-state index in [0.717, 1.165) is 12.1 Å². The van der Waals surface area contributed by atoms with E-state index in [1.807, 2.05) is 0 Å². The number of methoxy groups -OCH3 is 1. The Kier molecular flexibility index (Phi) is 6.00. The molecule has 0 unspecified atom stereocenters. The molecule has 1 aromatic heterocycles. The summed E-state index contributed by atoms with van der Waals surface area (Å²) in [5.41, 5.74) is -0.0429. The molecule has 0 fully saturated rings. The zero-order valence-corrected chi connectivity index (χ0v) is 13.6. The molecular formula is C14H13ClF2N4OS. The number of nitrogens with one attached hydrogen (secondary N) is 2. The fourth-order valence-electron chi connectivity index (χ4n) is 1.79. The highest BCUT2D eigenvalue weighted by Gasteiger charge is 2.12. The Morgan fingerprint density at radius 1 is 1.26 bits per heavy atom. The Morgan fingerprint density at radius 3 is 2.52 bits per heavy atom. The molecule has 0 amide bonds. The first-order valence-corrected chi connectivity index (χ1v) is 7.33. The minimum Gasteiger partial charge on any atom is -0.497 e. The van der Waals surface area contributed by atoms with E-state index < -0.39 is 11.6 Å². The molecule has 1 heterocycles. The number of benzene rings is 1. The number of anilines is 1. The van der Waals surface area contributed by atoms with Crippen molar-refractivity contribution in [2.45, 2.75) is 6.42 Å². The molecule has 0 saturated heterocycles. The third-order valence-electron chi connectivity index (χ3n) is 2.90. The average Bonchev–Trinajstić information content (AvgIpc) is 2.52. The van der Waals surface area contributed by atoms with E-state index in [1.54, 1.807) is 0 Å². The van der Waals surface area contributed by atoms with Crippen LogP contribution in [0.15, 0.2) is 24.5 Å². The lowest BCUT2D eigenvalue weighted by atomic mass is 10.1. The molecule has 1 aromatic carbocycles. The summed E-state index contributed by atoms with van der Waals surface area (Å²) in [4.78, 5) is 7.81. The van der Waals surface area contributed by atoms with Crippen molar-refractivity contribution in [3.05, 3.63) is 46.9 Å². The second kappa shape index (κ2) is 7.98. The van der Waals surface area contributed by atoms with Crippen LogP contribution in [0.1, 0.15) is 5.56 Å². The smallest absolute Gasteiger partial charge is 0.172 e. The number of ether oxygens (including phenoxy) is 1. The lowest BCUT2D eigenvalue weighted by Gasteiger charge is -2.11. The maximum Gasteiger partial charge on any atom is 0.172 e. The summed E-state index contributed by atoms with van der Waals surface area (Å²) in [6, 6.07) is 2.27. The molecule has 2 rings (SSSR count). The number of nitrogens with zero attached hydrogens (tertiary/aromatic N) is 2. The maximum atomic E-state index is 13.8. The first-order valence-electron chi connectivity index (χ1n) is 6.54. The molecule has 23 heavy (non-hydrogen) atoms. The molecule has 2 N–H and O–H groups in total. The minimum absolute atomic E-state index is 0.0429. The van der Waals surface area contributed by atoms with Gasteiger partial charge in [0.2, 0.25) is 0 Å². The van der Waals surface area contributed by atoms with E-state index in [9.17, 15) is 8.78 Å². The van der Waals surface area contributed by atoms with Crippen LogP contribution in [0.3, 0.4) is 0 Å². The number of rotatable bonds is 5. The molecule has 0 aliphatic heterocycles. The fraction of sp³-hybridized carbons (Fsp3) is 0.214. The standard InChI is InChI=1S/C14H13ClF2N4OS/c1-22-8-6-10(16)9(11(17)7-8)2-3-20-14(23)21-13-12(15)18-4-5-19-13/h4-7H,2-3H2,1H3,(H2,19,20,21,23). The highest BCUT2D eigenvalue weighted by Crippen LogP contribution is 2.20. The molecule has 0 saturated carbocycles. The van der Waals surface area contributed by atoms with Crippen molar-refractivity contribution >= 4 is 34.7 Å². The van der Waals surface area contributed by atoms with Crippen LogP contribution in [-0.2, 0) is 6.42 Å². The van der Waals surface area contributed by atoms with Gasteiger partial charge in [-0.15, -0.1) is 0 Å². The molecule has 122 valence electrons. The SMILES string of the molecule is COc1cc(F)c(CCNC(=S)Nc2nccnc2Cl)c(F)c1. The van der Waals surface area contributed by atoms with Crippen LogP contribution in [0.4, 0.5) is 14.6 Å². The van der Waals surface area contributed by atoms with E-state index >= 15 is 0 Å². The van der Waals surface area contributed by atoms with Crippen LogP contribution in [0.2, 0.25) is 5.15 Å². The second-order valence-corrected chi connectivity index (χ2v) is 5.16. The predicted octanol–water partition coefficient (Wildman–Crippen LogP) is 2.95. The van der Waals surface area contributed by atoms with Gasteiger partial charge in [0.05, 0.1) is 7.11 Å². The largest absolute Gasteiger partial charge is 0.497 e. The van der Waals surface area contributed by atoms with Gasteiger partial charge < -0.3 is 15.4 Å². The van der Waals surface area contributed by atoms with Gasteiger partial charge in [0.15, 0.2) is 16.1 Å². The minimum atomic E-state index is -0.667. The predicted molar refractivity (Wildman–Crippen MR) is 87.9 cm³/mol. The van der Waals surface area contributed by atoms with Crippen molar-refractivity contribution in [2.75, 3.05) is 19.0 Å². The highest BCUT2D eigenvalue weighted by molar-refractivity contribution is 7.80. The normalized spacial score (nSPS) is 10.3. The number of hydrogen-bond acceptors (Lipinski definition) is 4. The number of halogens is 3. The topological polar surface area (TPSA) is 59.1 Å². The summed E-state index contributed by atoms with van der Waals surface area (Å²) in [5.74, 6) is -0.904. The lowest BCUT2D eigenvalue weighted by Crippen LogP contribution is -2.31. The summed E-state index contributed by atoms with van der Waals surface area (Å²) < 4.78 is 32.4. The number of thiocarbonyl (C=S) groups is 1. The molecule has 2 aromatic rings. The molecule has 0 bridgehead atoms. The van der Waals surface area contributed by atoms with E-state index in [4.69, 9.17) is 28.6 Å². The molecule has 0 radical (unpaired) electrons. The Hall–Kier alpha value is -2.06. The molecule has 9 heteroatoms. The van der Waals surface area contributed by atoms with Crippen molar-refractivity contribution in [1.29, 1.82) is 0 Å². The van der Waals surface area contributed by atoms with Gasteiger partial charge in [0, 0.05) is 36.6 Å². The maximum absolute atomic E-state index is 13.8. The van der Waals surface area contributed by atoms with Gasteiger partial charge in [-0.1, -0.05) is 11.6 Å². The summed E-state index contributed by atoms with van der Waals surface area (Å²) in [6.45, 7) is 0.226. The van der Waals surface area contributed by atoms with Crippen LogP contribution in [0.25, 0.3) is 0 Å². The van der Waals surface area contributed by atoms with E-state index in [2.05, 4.69) is 20.6 Å². The van der Waals surface area contributed by atoms with Crippen molar-refractivity contribution in [2.24, 2.45) is 0 Å². The van der Waals surface area contributed by atoms with Crippen LogP contribution in [0, 0.1) is 11.6 Å². The zero-order valence-electron chi connectivity index (χ0n) is 12.1. The Bertz CT molecular complexity index is 694. The summed E-state index contributed by atoms with van der Waals surface area (Å²) in [6.07, 6.45) is 3.01. The third kappa shape index (κ3) is 4.70. The van der Waals surface area contributed by atoms with Gasteiger partial charge in [-0.05, 0) is 18.6 Å². The molecular weight excluding hydrogens is 346 g/mol. The van der Waals surface area contributed by atoms with Crippen LogP contribution >= 0.6 is 23.8 Å². The summed E-state index contributed by atoms with van der Waals surface area (Å²) in [7, 11) is 1.34. The lowest BCUT2D eigenvalue weighted by molar-refractivity contribution is 0.405. The monoisotopic (exact) mass is 358 g/mol. The van der Waals surface area contributed by atoms with Crippen LogP contribution in [0.5, 0.6) is 5.75 Å². The third-order valence-corrected chi connectivity index (χ3v) is 3.42. The van der Waals surface area contributed by atoms with Gasteiger partial charge in [-0.2, -0.15) is 0 Å². The van der Waals surface area contributed by atoms with Gasteiger partial charge in [-0.3, -0.25) is 0 Å². The zero-order chi connectivity index (χ0) is 16.8. The van der Waals surface area contributed by atoms with Gasteiger partial charge >= 0.3 is 0 Å². The molecule has 0 aliphatic rings. The Morgan fingerprint density at radius 2 is 1.91 bits per heavy atom. The summed E-state index contributed by atoms with van der Waals surface area (Å²) in [5, 5.41) is 5.96. The highest BCUT2D eigenvalue weighted by atomic mass is 35.5. The van der Waals surface area contributed by atoms with Gasteiger partial charge in [0.1, 0.15) is 17.4 Å². The Balaban J connectivity index is 1.90. The van der Waals surface area contributed by atoms with Gasteiger partial charge in [0.25, 0.3) is 0 Å². The fourth-order valence-corrected chi connectivity index (χ4v) is 2.15. The van der Waals surface area contributed by atoms with Crippen molar-refractivity contribution < 1.29 is 13.5 Å². The van der Waals surface area contributed by atoms with Crippen molar-refractivity contribution in [1.82, 2.24) is 15.3 Å². The van der Waals surface area contributed by atoms with E-state index in [1.165, 1.54) is 19.5 Å².